The molecule has 0 aliphatic rings. The van der Waals surface area contributed by atoms with Crippen LogP contribution in [-0.2, 0) is 6.54 Å². The molecule has 0 bridgehead atoms. The van der Waals surface area contributed by atoms with Crippen molar-refractivity contribution >= 4 is 34.7 Å². The number of hydrogen-bond donors (Lipinski definition) is 2. The van der Waals surface area contributed by atoms with Gasteiger partial charge in [0.2, 0.25) is 0 Å². The van der Waals surface area contributed by atoms with E-state index in [1.54, 1.807) is 23.1 Å². The zero-order valence-corrected chi connectivity index (χ0v) is 10.7. The van der Waals surface area contributed by atoms with E-state index in [1.807, 2.05) is 36.4 Å². The maximum absolute atomic E-state index is 8.59. The first-order valence-electron chi connectivity index (χ1n) is 4.67. The molecule has 0 radical (unpaired) electrons. The summed E-state index contributed by atoms with van der Waals surface area (Å²) in [5.74, 6) is 0. The highest BCUT2D eigenvalue weighted by Gasteiger charge is 2.02. The van der Waals surface area contributed by atoms with Gasteiger partial charge in [0.25, 0.3) is 0 Å². The van der Waals surface area contributed by atoms with E-state index < -0.39 is 0 Å². The summed E-state index contributed by atoms with van der Waals surface area (Å²) in [6.45, 7) is 0.487. The first-order chi connectivity index (χ1) is 7.78. The summed E-state index contributed by atoms with van der Waals surface area (Å²) < 4.78 is 1.19. The minimum Gasteiger partial charge on any atom is -0.316 e. The molecular weight excluding hydrogens is 262 g/mol. The van der Waals surface area contributed by atoms with Crippen molar-refractivity contribution in [2.24, 2.45) is 0 Å². The van der Waals surface area contributed by atoms with Crippen LogP contribution in [0.5, 0.6) is 0 Å². The lowest BCUT2D eigenvalue weighted by Crippen LogP contribution is -2.03. The Morgan fingerprint density at radius 3 is 2.94 bits per heavy atom. The van der Waals surface area contributed by atoms with Gasteiger partial charge in [-0.25, -0.2) is 5.48 Å². The second-order valence-corrected chi connectivity index (χ2v) is 6.09. The van der Waals surface area contributed by atoms with Crippen LogP contribution in [0.4, 0.5) is 0 Å². The second kappa shape index (κ2) is 5.70. The van der Waals surface area contributed by atoms with Crippen molar-refractivity contribution in [3.8, 4) is 0 Å². The van der Waals surface area contributed by atoms with Crippen molar-refractivity contribution in [1.82, 2.24) is 5.48 Å². The van der Waals surface area contributed by atoms with Crippen LogP contribution in [0.2, 0.25) is 5.02 Å². The lowest BCUT2D eigenvalue weighted by molar-refractivity contribution is 0.162. The Balaban J connectivity index is 2.08. The van der Waals surface area contributed by atoms with Crippen LogP contribution in [0.1, 0.15) is 4.88 Å². The Morgan fingerprint density at radius 1 is 1.31 bits per heavy atom. The Kier molecular flexibility index (Phi) is 4.26. The van der Waals surface area contributed by atoms with Gasteiger partial charge in [-0.05, 0) is 30.3 Å². The topological polar surface area (TPSA) is 32.3 Å². The third-order valence-electron chi connectivity index (χ3n) is 1.90. The number of hydrogen-bond acceptors (Lipinski definition) is 4. The third kappa shape index (κ3) is 3.23. The monoisotopic (exact) mass is 271 g/mol. The molecule has 1 heterocycles. The lowest BCUT2D eigenvalue weighted by atomic mass is 10.4. The fourth-order valence-corrected chi connectivity index (χ4v) is 3.63. The van der Waals surface area contributed by atoms with Crippen LogP contribution in [0.25, 0.3) is 0 Å². The minimum atomic E-state index is 0.487. The van der Waals surface area contributed by atoms with Gasteiger partial charge in [0, 0.05) is 14.8 Å². The van der Waals surface area contributed by atoms with Crippen LogP contribution >= 0.6 is 34.7 Å². The summed E-state index contributed by atoms with van der Waals surface area (Å²) in [5.41, 5.74) is 2.15. The molecule has 0 aliphatic heterocycles. The van der Waals surface area contributed by atoms with Crippen LogP contribution < -0.4 is 5.48 Å². The maximum Gasteiger partial charge on any atom is 0.0649 e. The first kappa shape index (κ1) is 12.0. The van der Waals surface area contributed by atoms with E-state index >= 15 is 0 Å². The molecule has 84 valence electrons. The van der Waals surface area contributed by atoms with Gasteiger partial charge in [-0.3, -0.25) is 0 Å². The molecule has 2 N–H and O–H groups in total. The van der Waals surface area contributed by atoms with E-state index in [1.165, 1.54) is 4.21 Å². The zero-order chi connectivity index (χ0) is 11.4. The smallest absolute Gasteiger partial charge is 0.0649 e. The van der Waals surface area contributed by atoms with Gasteiger partial charge in [0.1, 0.15) is 0 Å². The van der Waals surface area contributed by atoms with Gasteiger partial charge in [-0.1, -0.05) is 29.4 Å². The molecule has 0 fully saturated rings. The molecule has 0 saturated heterocycles. The summed E-state index contributed by atoms with van der Waals surface area (Å²) in [7, 11) is 0. The molecular formula is C11H10ClNOS2. The van der Waals surface area contributed by atoms with Crippen LogP contribution in [0, 0.1) is 0 Å². The highest BCUT2D eigenvalue weighted by atomic mass is 35.5. The fraction of sp³-hybridized carbons (Fsp3) is 0.0909. The molecule has 5 heteroatoms. The Hall–Kier alpha value is -0.520. The quantitative estimate of drug-likeness (QED) is 0.824. The largest absolute Gasteiger partial charge is 0.316 e. The van der Waals surface area contributed by atoms with Crippen LogP contribution in [-0.4, -0.2) is 5.21 Å². The highest BCUT2D eigenvalue weighted by molar-refractivity contribution is 8.01. The summed E-state index contributed by atoms with van der Waals surface area (Å²) in [5, 5.41) is 9.34. The van der Waals surface area contributed by atoms with E-state index in [4.69, 9.17) is 16.8 Å². The van der Waals surface area contributed by atoms with Crippen LogP contribution in [0.3, 0.4) is 0 Å². The molecule has 1 aromatic carbocycles. The SMILES string of the molecule is ONCc1ccc(Sc2cccc(Cl)c2)s1. The molecule has 16 heavy (non-hydrogen) atoms. The van der Waals surface area contributed by atoms with E-state index in [-0.39, 0.29) is 0 Å². The average Bonchev–Trinajstić information content (AvgIpc) is 2.66. The van der Waals surface area contributed by atoms with Gasteiger partial charge < -0.3 is 5.21 Å². The van der Waals surface area contributed by atoms with Gasteiger partial charge >= 0.3 is 0 Å². The molecule has 0 amide bonds. The Bertz CT molecular complexity index is 473. The van der Waals surface area contributed by atoms with Gasteiger partial charge in [-0.2, -0.15) is 0 Å². The fourth-order valence-electron chi connectivity index (χ4n) is 1.23. The van der Waals surface area contributed by atoms with Gasteiger partial charge in [0.05, 0.1) is 10.8 Å². The van der Waals surface area contributed by atoms with Crippen LogP contribution in [0.15, 0.2) is 45.5 Å². The number of hydroxylamine groups is 1. The van der Waals surface area contributed by atoms with Gasteiger partial charge in [0.15, 0.2) is 0 Å². The van der Waals surface area contributed by atoms with Crippen molar-refractivity contribution in [1.29, 1.82) is 0 Å². The van der Waals surface area contributed by atoms with E-state index in [2.05, 4.69) is 5.48 Å². The second-order valence-electron chi connectivity index (χ2n) is 3.12. The average molecular weight is 272 g/mol. The summed E-state index contributed by atoms with van der Waals surface area (Å²) in [6, 6.07) is 11.8. The molecule has 2 aromatic rings. The molecule has 1 aromatic heterocycles. The van der Waals surface area contributed by atoms with Gasteiger partial charge in [-0.15, -0.1) is 11.3 Å². The lowest BCUT2D eigenvalue weighted by Gasteiger charge is -1.98. The van der Waals surface area contributed by atoms with E-state index in [0.29, 0.717) is 6.54 Å². The molecule has 2 rings (SSSR count). The number of rotatable bonds is 4. The standard InChI is InChI=1S/C11H10ClNOS2/c12-8-2-1-3-9(6-8)15-11-5-4-10(16-11)7-13-14/h1-6,13-14H,7H2. The zero-order valence-electron chi connectivity index (χ0n) is 8.31. The third-order valence-corrected chi connectivity index (χ3v) is 4.35. The predicted octanol–water partition coefficient (Wildman–Crippen LogP) is 4.03. The minimum absolute atomic E-state index is 0.487. The Labute approximate surface area is 107 Å². The molecule has 0 saturated carbocycles. The molecule has 0 unspecified atom stereocenters. The van der Waals surface area contributed by atoms with Crippen molar-refractivity contribution in [3.05, 3.63) is 46.3 Å². The van der Waals surface area contributed by atoms with Crippen molar-refractivity contribution in [3.63, 3.8) is 0 Å². The number of nitrogens with one attached hydrogen (secondary N) is 1. The molecule has 0 atom stereocenters. The molecule has 0 aliphatic carbocycles. The Morgan fingerprint density at radius 2 is 2.19 bits per heavy atom. The summed E-state index contributed by atoms with van der Waals surface area (Å²) in [4.78, 5) is 2.23. The van der Waals surface area contributed by atoms with Crippen molar-refractivity contribution in [2.45, 2.75) is 15.6 Å². The number of halogens is 1. The molecule has 0 spiro atoms. The first-order valence-corrected chi connectivity index (χ1v) is 6.68. The number of thiophene rings is 1. The van der Waals surface area contributed by atoms with Crippen molar-refractivity contribution in [2.75, 3.05) is 0 Å². The molecule has 2 nitrogen and oxygen atoms in total. The van der Waals surface area contributed by atoms with E-state index in [0.717, 1.165) is 14.8 Å². The summed E-state index contributed by atoms with van der Waals surface area (Å²) in [6.07, 6.45) is 0. The normalized spacial score (nSPS) is 10.6. The van der Waals surface area contributed by atoms with Crippen molar-refractivity contribution < 1.29 is 5.21 Å². The highest BCUT2D eigenvalue weighted by Crippen LogP contribution is 2.34. The summed E-state index contributed by atoms with van der Waals surface area (Å²) >= 11 is 9.24. The predicted molar refractivity (Wildman–Crippen MR) is 68.5 cm³/mol. The van der Waals surface area contributed by atoms with E-state index in [9.17, 15) is 0 Å². The number of benzene rings is 1. The maximum atomic E-state index is 8.59.